The molecule has 2 aromatic rings. The van der Waals surface area contributed by atoms with Gasteiger partial charge in [0, 0.05) is 6.08 Å². The van der Waals surface area contributed by atoms with Crippen LogP contribution in [0.1, 0.15) is 68.2 Å². The van der Waals surface area contributed by atoms with Crippen molar-refractivity contribution in [2.45, 2.75) is 58.8 Å². The minimum atomic E-state index is -0.304. The van der Waals surface area contributed by atoms with Crippen LogP contribution in [0.2, 0.25) is 0 Å². The van der Waals surface area contributed by atoms with E-state index in [0.29, 0.717) is 34.6 Å². The third kappa shape index (κ3) is 6.68. The van der Waals surface area contributed by atoms with Crippen LogP contribution in [-0.2, 0) is 17.6 Å². The molecule has 1 amide bonds. The highest BCUT2D eigenvalue weighted by molar-refractivity contribution is 7.73. The van der Waals surface area contributed by atoms with Gasteiger partial charge in [0.1, 0.15) is 11.1 Å². The van der Waals surface area contributed by atoms with Crippen molar-refractivity contribution in [1.29, 1.82) is 5.26 Å². The van der Waals surface area contributed by atoms with Crippen LogP contribution in [-0.4, -0.2) is 19.6 Å². The molecule has 1 unspecified atom stereocenters. The number of amides is 1. The highest BCUT2D eigenvalue weighted by Crippen LogP contribution is 2.36. The molecule has 1 heterocycles. The zero-order valence-corrected chi connectivity index (χ0v) is 21.7. The summed E-state index contributed by atoms with van der Waals surface area (Å²) in [6.45, 7) is 5.04. The Morgan fingerprint density at radius 3 is 2.85 bits per heavy atom. The molecule has 1 aliphatic rings. The van der Waals surface area contributed by atoms with E-state index in [1.165, 1.54) is 30.3 Å². The third-order valence-electron chi connectivity index (χ3n) is 5.99. The molecule has 0 radical (unpaired) electrons. The lowest BCUT2D eigenvalue weighted by molar-refractivity contribution is -0.111. The number of carbonyl (C=O) groups excluding carboxylic acids is 1. The Kier molecular flexibility index (Phi) is 9.67. The van der Waals surface area contributed by atoms with Gasteiger partial charge in [0.15, 0.2) is 11.5 Å². The summed E-state index contributed by atoms with van der Waals surface area (Å²) in [6.07, 6.45) is 10.5. The number of benzene rings is 1. The van der Waals surface area contributed by atoms with E-state index in [1.54, 1.807) is 13.2 Å². The molecular weight excluding hydrogens is 464 g/mol. The lowest BCUT2D eigenvalue weighted by Gasteiger charge is -2.23. The van der Waals surface area contributed by atoms with Gasteiger partial charge in [-0.15, -0.1) is 11.3 Å². The van der Waals surface area contributed by atoms with Gasteiger partial charge in [-0.3, -0.25) is 4.79 Å². The highest BCUT2D eigenvalue weighted by Gasteiger charge is 2.23. The average molecular weight is 497 g/mol. The number of carbonyl (C=O) groups is 1. The smallest absolute Gasteiger partial charge is 0.249 e. The zero-order chi connectivity index (χ0) is 24.5. The summed E-state index contributed by atoms with van der Waals surface area (Å²) in [5.74, 6) is 1.58. The van der Waals surface area contributed by atoms with Crippen molar-refractivity contribution >= 4 is 40.5 Å². The number of methoxy groups -OCH3 is 1. The Morgan fingerprint density at radius 2 is 2.12 bits per heavy atom. The van der Waals surface area contributed by atoms with Gasteiger partial charge in [0.2, 0.25) is 5.91 Å². The molecule has 34 heavy (non-hydrogen) atoms. The van der Waals surface area contributed by atoms with Crippen LogP contribution < -0.4 is 14.8 Å². The molecule has 5 nitrogen and oxygen atoms in total. The lowest BCUT2D eigenvalue weighted by Crippen LogP contribution is -2.15. The number of unbranched alkanes of at least 4 members (excludes halogenated alkanes) is 3. The molecule has 7 heteroatoms. The van der Waals surface area contributed by atoms with E-state index in [-0.39, 0.29) is 5.91 Å². The molecule has 1 aromatic heterocycles. The second-order valence-corrected chi connectivity index (χ2v) is 10.3. The van der Waals surface area contributed by atoms with Crippen LogP contribution in [0, 0.1) is 21.1 Å². The Balaban J connectivity index is 1.69. The molecule has 1 aliphatic carbocycles. The predicted octanol–water partition coefficient (Wildman–Crippen LogP) is 7.09. The number of fused-ring (bicyclic) bond motifs is 1. The second kappa shape index (κ2) is 12.7. The maximum Gasteiger partial charge on any atom is 0.249 e. The van der Waals surface area contributed by atoms with Crippen molar-refractivity contribution < 1.29 is 14.3 Å². The van der Waals surface area contributed by atoms with Gasteiger partial charge in [-0.1, -0.05) is 51.4 Å². The Labute approximate surface area is 211 Å². The second-order valence-electron chi connectivity index (χ2n) is 8.65. The van der Waals surface area contributed by atoms with E-state index >= 15 is 0 Å². The topological polar surface area (TPSA) is 71.3 Å². The van der Waals surface area contributed by atoms with Gasteiger partial charge in [-0.25, -0.2) is 0 Å². The first-order valence-electron chi connectivity index (χ1n) is 11.9. The minimum absolute atomic E-state index is 0.304. The largest absolute Gasteiger partial charge is 0.493 e. The number of hydrogen-bond acceptors (Lipinski definition) is 6. The summed E-state index contributed by atoms with van der Waals surface area (Å²) >= 11 is 6.89. The van der Waals surface area contributed by atoms with Crippen molar-refractivity contribution in [3.8, 4) is 17.6 Å². The normalized spacial score (nSPS) is 14.9. The molecule has 1 N–H and O–H groups in total. The molecule has 1 atom stereocenters. The fourth-order valence-electron chi connectivity index (χ4n) is 4.09. The fraction of sp³-hybridized carbons (Fsp3) is 0.444. The van der Waals surface area contributed by atoms with Crippen molar-refractivity contribution in [3.63, 3.8) is 0 Å². The molecule has 0 saturated heterocycles. The third-order valence-corrected chi connectivity index (χ3v) is 7.43. The summed E-state index contributed by atoms with van der Waals surface area (Å²) in [7, 11) is 1.60. The molecule has 180 valence electrons. The minimum Gasteiger partial charge on any atom is -0.493 e. The van der Waals surface area contributed by atoms with Crippen molar-refractivity contribution in [1.82, 2.24) is 0 Å². The highest BCUT2D eigenvalue weighted by atomic mass is 32.1. The Morgan fingerprint density at radius 1 is 1.29 bits per heavy atom. The predicted molar refractivity (Wildman–Crippen MR) is 141 cm³/mol. The molecule has 0 aliphatic heterocycles. The number of nitrogens with one attached hydrogen (secondary N) is 1. The summed E-state index contributed by atoms with van der Waals surface area (Å²) in [5.41, 5.74) is 3.46. The van der Waals surface area contributed by atoms with Crippen LogP contribution >= 0.6 is 23.6 Å². The Hall–Kier alpha value is -2.69. The summed E-state index contributed by atoms with van der Waals surface area (Å²) in [4.78, 5) is 12.6. The number of nitrogens with zero attached hydrogens (tertiary/aromatic N) is 1. The molecule has 0 saturated carbocycles. The van der Waals surface area contributed by atoms with Gasteiger partial charge in [-0.2, -0.15) is 5.26 Å². The van der Waals surface area contributed by atoms with Gasteiger partial charge < -0.3 is 14.8 Å². The van der Waals surface area contributed by atoms with Gasteiger partial charge in [0.05, 0.1) is 23.1 Å². The standard InChI is InChI=1S/C27H32N2O3S2/c1-4-5-6-7-14-32-23-12-9-19(16-24(23)31-3)10-13-25(30)29-26-22(17-28)20-11-8-18(2)15-21(20)27(33)34-26/h9-10,12-13,16,18H,4-8,11,14-15H2,1-3H3,(H,29,30)/b13-10+. The molecular formula is C27H32N2O3S2. The molecule has 3 rings (SSSR count). The lowest BCUT2D eigenvalue weighted by atomic mass is 9.85. The SMILES string of the molecule is CCCCCCOc1ccc(/C=C/C(=O)Nc2sc(=S)c3c(c2C#N)CCC(C)C3)cc1OC. The van der Waals surface area contributed by atoms with E-state index < -0.39 is 0 Å². The molecule has 0 spiro atoms. The van der Waals surface area contributed by atoms with Crippen LogP contribution in [0.15, 0.2) is 24.3 Å². The first kappa shape index (κ1) is 25.9. The molecule has 0 fully saturated rings. The molecule has 1 aromatic carbocycles. The zero-order valence-electron chi connectivity index (χ0n) is 20.1. The average Bonchev–Trinajstić information content (AvgIpc) is 2.83. The first-order chi connectivity index (χ1) is 16.5. The van der Waals surface area contributed by atoms with Gasteiger partial charge in [0.25, 0.3) is 0 Å². The number of ether oxygens (including phenoxy) is 2. The van der Waals surface area contributed by atoms with Crippen LogP contribution in [0.4, 0.5) is 5.00 Å². The van der Waals surface area contributed by atoms with Gasteiger partial charge >= 0.3 is 0 Å². The van der Waals surface area contributed by atoms with Crippen molar-refractivity contribution in [2.24, 2.45) is 5.92 Å². The van der Waals surface area contributed by atoms with E-state index in [1.807, 2.05) is 18.2 Å². The first-order valence-corrected chi connectivity index (χ1v) is 13.1. The van der Waals surface area contributed by atoms with E-state index in [4.69, 9.17) is 21.7 Å². The van der Waals surface area contributed by atoms with Crippen molar-refractivity contribution in [3.05, 3.63) is 50.4 Å². The maximum absolute atomic E-state index is 12.6. The number of anilines is 1. The Bertz CT molecular complexity index is 1150. The monoisotopic (exact) mass is 496 g/mol. The summed E-state index contributed by atoms with van der Waals surface area (Å²) in [6, 6.07) is 7.88. The van der Waals surface area contributed by atoms with Crippen molar-refractivity contribution in [2.75, 3.05) is 19.0 Å². The van der Waals surface area contributed by atoms with Crippen LogP contribution in [0.5, 0.6) is 11.5 Å². The quantitative estimate of drug-likeness (QED) is 0.216. The van der Waals surface area contributed by atoms with Crippen LogP contribution in [0.25, 0.3) is 6.08 Å². The summed E-state index contributed by atoms with van der Waals surface area (Å²) < 4.78 is 12.1. The van der Waals surface area contributed by atoms with Gasteiger partial charge in [-0.05, 0) is 66.5 Å². The summed E-state index contributed by atoms with van der Waals surface area (Å²) in [5, 5.41) is 13.2. The maximum atomic E-state index is 12.6. The van der Waals surface area contributed by atoms with E-state index in [0.717, 1.165) is 52.6 Å². The van der Waals surface area contributed by atoms with Crippen LogP contribution in [0.3, 0.4) is 0 Å². The number of hydrogen-bond donors (Lipinski definition) is 1. The van der Waals surface area contributed by atoms with E-state index in [2.05, 4.69) is 25.2 Å². The molecule has 0 bridgehead atoms. The number of rotatable bonds is 10. The fourth-order valence-corrected chi connectivity index (χ4v) is 5.48. The van der Waals surface area contributed by atoms with E-state index in [9.17, 15) is 10.1 Å². The number of nitriles is 1.